The normalized spacial score (nSPS) is 42.5. The van der Waals surface area contributed by atoms with Crippen molar-refractivity contribution in [3.8, 4) is 0 Å². The summed E-state index contributed by atoms with van der Waals surface area (Å²) < 4.78 is 264. The van der Waals surface area contributed by atoms with Crippen molar-refractivity contribution in [2.24, 2.45) is 50.2 Å². The van der Waals surface area contributed by atoms with Crippen molar-refractivity contribution in [2.45, 2.75) is 174 Å². The Bertz CT molecular complexity index is 3020. The van der Waals surface area contributed by atoms with Crippen LogP contribution in [0.15, 0.2) is 11.6 Å². The number of methoxy groups -OCH3 is 1. The van der Waals surface area contributed by atoms with Gasteiger partial charge in [-0.25, -0.2) is 25.1 Å². The van der Waals surface area contributed by atoms with Crippen LogP contribution in [0.2, 0.25) is 0 Å². The van der Waals surface area contributed by atoms with Gasteiger partial charge in [0.05, 0.1) is 37.9 Å². The molecule has 30 nitrogen and oxygen atoms in total. The molecular formula is C42H68O30S6. The Balaban J connectivity index is 1.31. The van der Waals surface area contributed by atoms with Crippen molar-refractivity contribution in [2.75, 3.05) is 20.3 Å². The van der Waals surface area contributed by atoms with E-state index in [-0.39, 0.29) is 29.6 Å². The fourth-order valence-corrected chi connectivity index (χ4v) is 17.8. The second-order valence-corrected chi connectivity index (χ2v) is 29.6. The Morgan fingerprint density at radius 3 is 1.73 bits per heavy atom. The average molecular weight is 1250 g/mol. The zero-order chi connectivity index (χ0) is 58.6. The minimum atomic E-state index is -5.93. The van der Waals surface area contributed by atoms with Crippen molar-refractivity contribution in [1.29, 1.82) is 0 Å². The van der Waals surface area contributed by atoms with E-state index in [0.29, 0.717) is 44.9 Å². The fourth-order valence-electron chi connectivity index (χ4n) is 14.9. The predicted octanol–water partition coefficient (Wildman–Crippen LogP) is 2.57. The number of fused-ring (bicyclic) bond motifs is 7. The third-order valence-corrected chi connectivity index (χ3v) is 21.1. The highest BCUT2D eigenvalue weighted by Gasteiger charge is 2.71. The van der Waals surface area contributed by atoms with E-state index in [1.165, 1.54) is 12.7 Å². The van der Waals surface area contributed by atoms with Crippen LogP contribution < -0.4 is 0 Å². The minimum Gasteiger partial charge on any atom is -0.469 e. The maximum absolute atomic E-state index is 13.8. The molecule has 0 aromatic rings. The summed E-state index contributed by atoms with van der Waals surface area (Å²) in [5, 5.41) is 0. The van der Waals surface area contributed by atoms with E-state index < -0.39 is 170 Å². The lowest BCUT2D eigenvalue weighted by atomic mass is 9.33. The quantitative estimate of drug-likeness (QED) is 0.0497. The highest BCUT2D eigenvalue weighted by Crippen LogP contribution is 2.76. The molecule has 4 saturated carbocycles. The van der Waals surface area contributed by atoms with E-state index in [1.807, 2.05) is 6.92 Å². The van der Waals surface area contributed by atoms with Gasteiger partial charge in [0.15, 0.2) is 18.7 Å². The maximum Gasteiger partial charge on any atom is 0.397 e. The summed E-state index contributed by atoms with van der Waals surface area (Å²) in [6.45, 7) is 11.4. The number of allylic oxidation sites excluding steroid dienone is 2. The zero-order valence-electron chi connectivity index (χ0n) is 43.5. The maximum atomic E-state index is 13.8. The number of carbonyl (C=O) groups is 1. The SMILES string of the molecule is COC(=O)[C@]12CCC(C)(C)C[C@H]1C1=CC[C@@H]3[C@@]4(C)CC[C@H](O[C@@H]5OC[C@H](OS(=O)(=O)O)[C@H](OS(=O)(=O)O)[C@H]5O[C@@H]5O[C@@H](C)[C@H](OS(=O)(=O)O)[C@@H](OS(=O)(=O)O)[C@H]5OS(=O)(=O)O)[C@](C)(COS(=O)(=O)O)[C@@H]4CC[C@@]3(C)[C@]1(C)CC2. The lowest BCUT2D eigenvalue weighted by Crippen LogP contribution is -2.67. The molecule has 7 rings (SSSR count). The van der Waals surface area contributed by atoms with Crippen LogP contribution in [0, 0.1) is 50.2 Å². The van der Waals surface area contributed by atoms with E-state index in [1.54, 1.807) is 6.92 Å². The second kappa shape index (κ2) is 21.4. The zero-order valence-corrected chi connectivity index (χ0v) is 48.4. The fraction of sp³-hybridized carbons (Fsp3) is 0.929. The van der Waals surface area contributed by atoms with Gasteiger partial charge in [0, 0.05) is 5.41 Å². The van der Waals surface area contributed by atoms with Gasteiger partial charge in [-0.3, -0.25) is 32.1 Å². The van der Waals surface area contributed by atoms with Crippen LogP contribution in [0.5, 0.6) is 0 Å². The van der Waals surface area contributed by atoms with E-state index in [0.717, 1.165) is 19.8 Å². The van der Waals surface area contributed by atoms with E-state index in [9.17, 15) is 82.6 Å². The first-order chi connectivity index (χ1) is 35.3. The Kier molecular flexibility index (Phi) is 17.5. The largest absolute Gasteiger partial charge is 0.469 e. The first kappa shape index (κ1) is 63.8. The average Bonchev–Trinajstić information content (AvgIpc) is 3.25. The van der Waals surface area contributed by atoms with Crippen LogP contribution in [-0.4, -0.2) is 166 Å². The highest BCUT2D eigenvalue weighted by molar-refractivity contribution is 7.82. The van der Waals surface area contributed by atoms with Gasteiger partial charge < -0.3 is 23.7 Å². The Morgan fingerprint density at radius 2 is 1.17 bits per heavy atom. The number of rotatable bonds is 18. The molecule has 2 saturated heterocycles. The van der Waals surface area contributed by atoms with Gasteiger partial charge in [0.1, 0.15) is 30.5 Å². The molecular weight excluding hydrogens is 1180 g/mol. The van der Waals surface area contributed by atoms with Gasteiger partial charge in [-0.15, -0.1) is 0 Å². The summed E-state index contributed by atoms with van der Waals surface area (Å²) in [4.78, 5) is 13.8. The van der Waals surface area contributed by atoms with Gasteiger partial charge in [-0.1, -0.05) is 53.2 Å². The third kappa shape index (κ3) is 13.1. The first-order valence-electron chi connectivity index (χ1n) is 24.6. The molecule has 0 bridgehead atoms. The second-order valence-electron chi connectivity index (χ2n) is 23.3. The summed E-state index contributed by atoms with van der Waals surface area (Å²) in [5.74, 6) is -1.09. The standard InChI is InChI=1S/C42H68O30S6/c1-22-29(69-75(50,51)52)31(71-77(56,57)58)33(72-78(59,60)61)35(65-22)67-32-30(70-76(53,54)55)25(68-74(47,48)49)20-63-34(32)66-28-12-13-38(4)26(39(28,5)21-64-73(44,45)46)11-14-41(7)27(38)10-9-23-24-19-37(2,3)15-17-42(24,36(43)62-8)18-16-40(23,41)6/h9,22,24-35H,10-21H2,1-8H3,(H,44,45,46)(H,47,48,49)(H,50,51,52)(H,53,54,55)(H,56,57,58)(H,59,60,61)/t22-,24-,25-,26+,27+,28-,29-,30-,31+,32+,33+,34-,35-,38-,39+,40+,41+,42-/m0/s1. The lowest BCUT2D eigenvalue weighted by molar-refractivity contribution is -0.358. The molecule has 452 valence electrons. The van der Waals surface area contributed by atoms with Crippen LogP contribution in [-0.2, 0) is 116 Å². The van der Waals surface area contributed by atoms with Gasteiger partial charge in [-0.2, -0.15) is 50.5 Å². The summed E-state index contributed by atoms with van der Waals surface area (Å²) >= 11 is 0. The summed E-state index contributed by atoms with van der Waals surface area (Å²) in [5.41, 5.74) is -2.76. The molecule has 2 heterocycles. The number of ether oxygens (including phenoxy) is 5. The molecule has 0 radical (unpaired) electrons. The summed E-state index contributed by atoms with van der Waals surface area (Å²) in [6.07, 6.45) is -17.0. The van der Waals surface area contributed by atoms with Crippen LogP contribution in [0.4, 0.5) is 0 Å². The number of esters is 1. The lowest BCUT2D eigenvalue weighted by Gasteiger charge is -2.71. The molecule has 2 aliphatic heterocycles. The van der Waals surface area contributed by atoms with Crippen molar-refractivity contribution in [1.82, 2.24) is 0 Å². The molecule has 78 heavy (non-hydrogen) atoms. The molecule has 5 aliphatic carbocycles. The van der Waals surface area contributed by atoms with Gasteiger partial charge in [-0.05, 0) is 111 Å². The molecule has 6 N–H and O–H groups in total. The van der Waals surface area contributed by atoms with Gasteiger partial charge in [0.25, 0.3) is 0 Å². The van der Waals surface area contributed by atoms with Crippen molar-refractivity contribution in [3.05, 3.63) is 11.6 Å². The molecule has 7 aliphatic rings. The third-order valence-electron chi connectivity index (χ3n) is 18.4. The summed E-state index contributed by atoms with van der Waals surface area (Å²) in [6, 6.07) is 0. The number of carbonyl (C=O) groups excluding carboxylic acids is 1. The smallest absolute Gasteiger partial charge is 0.397 e. The topological polar surface area (TPSA) is 445 Å². The van der Waals surface area contributed by atoms with Crippen LogP contribution in [0.25, 0.3) is 0 Å². The van der Waals surface area contributed by atoms with Crippen LogP contribution in [0.1, 0.15) is 113 Å². The Hall–Kier alpha value is -1.73. The number of hydrogen-bond acceptors (Lipinski definition) is 24. The van der Waals surface area contributed by atoms with Crippen molar-refractivity contribution < 1.29 is 131 Å². The molecule has 0 amide bonds. The minimum absolute atomic E-state index is 0.0494. The predicted molar refractivity (Wildman–Crippen MR) is 259 cm³/mol. The monoisotopic (exact) mass is 1240 g/mol. The number of hydrogen-bond donors (Lipinski definition) is 6. The van der Waals surface area contributed by atoms with E-state index in [2.05, 4.69) is 50.5 Å². The first-order valence-corrected chi connectivity index (χ1v) is 32.8. The molecule has 0 aromatic heterocycles. The molecule has 6 fully saturated rings. The van der Waals surface area contributed by atoms with E-state index in [4.69, 9.17) is 32.1 Å². The highest BCUT2D eigenvalue weighted by atomic mass is 32.3. The molecule has 0 aromatic carbocycles. The molecule has 36 heteroatoms. The molecule has 0 unspecified atom stereocenters. The Labute approximate surface area is 453 Å². The van der Waals surface area contributed by atoms with Gasteiger partial charge in [0.2, 0.25) is 0 Å². The van der Waals surface area contributed by atoms with Crippen molar-refractivity contribution >= 4 is 68.4 Å². The summed E-state index contributed by atoms with van der Waals surface area (Å²) in [7, 11) is -32.8. The van der Waals surface area contributed by atoms with Gasteiger partial charge >= 0.3 is 68.4 Å². The van der Waals surface area contributed by atoms with E-state index >= 15 is 0 Å². The van der Waals surface area contributed by atoms with Crippen molar-refractivity contribution in [3.63, 3.8) is 0 Å². The molecule has 0 spiro atoms. The van der Waals surface area contributed by atoms with Crippen LogP contribution in [0.3, 0.4) is 0 Å². The Morgan fingerprint density at radius 1 is 0.615 bits per heavy atom. The van der Waals surface area contributed by atoms with Crippen LogP contribution >= 0.6 is 0 Å². The molecule has 18 atom stereocenters.